The summed E-state index contributed by atoms with van der Waals surface area (Å²) in [6, 6.07) is 5.90. The molecular formula is C20H25N3O4S. The number of ether oxygens (including phenoxy) is 3. The zero-order valence-corrected chi connectivity index (χ0v) is 17.2. The van der Waals surface area contributed by atoms with Crippen molar-refractivity contribution in [2.75, 3.05) is 43.6 Å². The Morgan fingerprint density at radius 3 is 2.79 bits per heavy atom. The van der Waals surface area contributed by atoms with E-state index in [2.05, 4.69) is 10.2 Å². The van der Waals surface area contributed by atoms with Crippen LogP contribution < -0.4 is 19.7 Å². The minimum Gasteiger partial charge on any atom is -0.493 e. The highest BCUT2D eigenvalue weighted by atomic mass is 32.1. The maximum Gasteiger partial charge on any atom is 0.226 e. The molecule has 4 rings (SSSR count). The molecule has 7 nitrogen and oxygen atoms in total. The van der Waals surface area contributed by atoms with Crippen molar-refractivity contribution < 1.29 is 19.0 Å². The van der Waals surface area contributed by atoms with Crippen LogP contribution in [0.25, 0.3) is 0 Å². The molecule has 1 aromatic heterocycles. The first-order valence-corrected chi connectivity index (χ1v) is 10.3. The predicted molar refractivity (Wildman–Crippen MR) is 109 cm³/mol. The average Bonchev–Trinajstić information content (AvgIpc) is 3.11. The first kappa shape index (κ1) is 19.0. The Balaban J connectivity index is 1.69. The van der Waals surface area contributed by atoms with E-state index in [-0.39, 0.29) is 17.9 Å². The SMILES string of the molecule is COc1ccc(C2CC(=O)Nc3nc(N4CCOCC4)sc32)cc1OC(C)C. The van der Waals surface area contributed by atoms with E-state index in [0.29, 0.717) is 37.0 Å². The molecule has 0 aliphatic carbocycles. The number of nitrogens with zero attached hydrogens (tertiary/aromatic N) is 2. The zero-order valence-electron chi connectivity index (χ0n) is 16.4. The van der Waals surface area contributed by atoms with Crippen LogP contribution in [0.4, 0.5) is 10.9 Å². The van der Waals surface area contributed by atoms with E-state index in [0.717, 1.165) is 28.7 Å². The lowest BCUT2D eigenvalue weighted by molar-refractivity contribution is -0.116. The van der Waals surface area contributed by atoms with Crippen LogP contribution in [0, 0.1) is 0 Å². The van der Waals surface area contributed by atoms with Crippen molar-refractivity contribution in [2.45, 2.75) is 32.3 Å². The van der Waals surface area contributed by atoms with Crippen LogP contribution in [0.5, 0.6) is 11.5 Å². The third kappa shape index (κ3) is 3.79. The van der Waals surface area contributed by atoms with Crippen molar-refractivity contribution in [2.24, 2.45) is 0 Å². The van der Waals surface area contributed by atoms with Gasteiger partial charge in [-0.15, -0.1) is 0 Å². The number of benzene rings is 1. The molecule has 0 saturated carbocycles. The number of nitrogens with one attached hydrogen (secondary N) is 1. The number of fused-ring (bicyclic) bond motifs is 1. The second-order valence-electron chi connectivity index (χ2n) is 7.19. The molecule has 2 aromatic rings. The first-order chi connectivity index (χ1) is 13.5. The first-order valence-electron chi connectivity index (χ1n) is 9.53. The molecule has 1 saturated heterocycles. The quantitative estimate of drug-likeness (QED) is 0.826. The minimum absolute atomic E-state index is 0.0153. The Labute approximate surface area is 168 Å². The Morgan fingerprint density at radius 1 is 1.29 bits per heavy atom. The molecule has 0 spiro atoms. The smallest absolute Gasteiger partial charge is 0.226 e. The number of morpholine rings is 1. The molecule has 28 heavy (non-hydrogen) atoms. The minimum atomic E-state index is -0.0449. The third-order valence-electron chi connectivity index (χ3n) is 4.84. The van der Waals surface area contributed by atoms with Crippen LogP contribution in [0.3, 0.4) is 0 Å². The summed E-state index contributed by atoms with van der Waals surface area (Å²) in [5, 5.41) is 3.87. The van der Waals surface area contributed by atoms with Crippen molar-refractivity contribution in [1.82, 2.24) is 4.98 Å². The van der Waals surface area contributed by atoms with Gasteiger partial charge in [0.2, 0.25) is 5.91 Å². The van der Waals surface area contributed by atoms with Crippen LogP contribution in [-0.4, -0.2) is 50.4 Å². The number of aromatic nitrogens is 1. The van der Waals surface area contributed by atoms with Crippen LogP contribution in [0.2, 0.25) is 0 Å². The summed E-state index contributed by atoms with van der Waals surface area (Å²) in [7, 11) is 1.63. The van der Waals surface area contributed by atoms with E-state index >= 15 is 0 Å². The normalized spacial score (nSPS) is 19.4. The van der Waals surface area contributed by atoms with Gasteiger partial charge in [-0.05, 0) is 31.5 Å². The zero-order chi connectivity index (χ0) is 19.7. The lowest BCUT2D eigenvalue weighted by Crippen LogP contribution is -2.36. The van der Waals surface area contributed by atoms with E-state index in [1.165, 1.54) is 0 Å². The summed E-state index contributed by atoms with van der Waals surface area (Å²) in [6.07, 6.45) is 0.427. The lowest BCUT2D eigenvalue weighted by atomic mass is 9.91. The molecule has 0 bridgehead atoms. The van der Waals surface area contributed by atoms with Gasteiger partial charge in [0.1, 0.15) is 5.82 Å². The maximum atomic E-state index is 12.3. The van der Waals surface area contributed by atoms with Crippen molar-refractivity contribution in [3.8, 4) is 11.5 Å². The van der Waals surface area contributed by atoms with Crippen molar-refractivity contribution in [3.63, 3.8) is 0 Å². The van der Waals surface area contributed by atoms with Crippen molar-refractivity contribution in [3.05, 3.63) is 28.6 Å². The Bertz CT molecular complexity index is 861. The number of thiazole rings is 1. The van der Waals surface area contributed by atoms with Gasteiger partial charge in [0.15, 0.2) is 16.6 Å². The number of carbonyl (C=O) groups is 1. The van der Waals surface area contributed by atoms with E-state index in [1.54, 1.807) is 18.4 Å². The van der Waals surface area contributed by atoms with Crippen molar-refractivity contribution in [1.29, 1.82) is 0 Å². The van der Waals surface area contributed by atoms with Crippen LogP contribution in [0.1, 0.15) is 36.6 Å². The number of methoxy groups -OCH3 is 1. The summed E-state index contributed by atoms with van der Waals surface area (Å²) < 4.78 is 16.8. The molecule has 8 heteroatoms. The van der Waals surface area contributed by atoms with Gasteiger partial charge >= 0.3 is 0 Å². The molecule has 0 radical (unpaired) electrons. The number of amides is 1. The summed E-state index contributed by atoms with van der Waals surface area (Å²) in [5.41, 5.74) is 1.03. The van der Waals surface area contributed by atoms with Gasteiger partial charge < -0.3 is 24.4 Å². The monoisotopic (exact) mass is 403 g/mol. The number of hydrogen-bond acceptors (Lipinski definition) is 7. The van der Waals surface area contributed by atoms with Gasteiger partial charge in [-0.1, -0.05) is 17.4 Å². The number of rotatable bonds is 5. The highest BCUT2D eigenvalue weighted by molar-refractivity contribution is 7.16. The fourth-order valence-corrected chi connectivity index (χ4v) is 4.72. The molecule has 1 N–H and O–H groups in total. The maximum absolute atomic E-state index is 12.3. The fraction of sp³-hybridized carbons (Fsp3) is 0.500. The molecule has 2 aliphatic heterocycles. The largest absolute Gasteiger partial charge is 0.493 e. The van der Waals surface area contributed by atoms with Gasteiger partial charge in [0.05, 0.1) is 31.3 Å². The third-order valence-corrected chi connectivity index (χ3v) is 6.07. The predicted octanol–water partition coefficient (Wildman–Crippen LogP) is 3.25. The lowest BCUT2D eigenvalue weighted by Gasteiger charge is -2.26. The molecule has 1 amide bonds. The molecule has 1 aromatic carbocycles. The van der Waals surface area contributed by atoms with Gasteiger partial charge in [0, 0.05) is 25.4 Å². The Morgan fingerprint density at radius 2 is 2.07 bits per heavy atom. The summed E-state index contributed by atoms with van der Waals surface area (Å²) >= 11 is 1.65. The number of anilines is 2. The molecule has 150 valence electrons. The second kappa shape index (κ2) is 7.97. The average molecular weight is 404 g/mol. The summed E-state index contributed by atoms with van der Waals surface area (Å²) in [5.74, 6) is 2.00. The van der Waals surface area contributed by atoms with E-state index in [4.69, 9.17) is 19.2 Å². The number of hydrogen-bond donors (Lipinski definition) is 1. The fourth-order valence-electron chi connectivity index (χ4n) is 3.52. The highest BCUT2D eigenvalue weighted by Crippen LogP contribution is 2.45. The van der Waals surface area contributed by atoms with Crippen LogP contribution in [0.15, 0.2) is 18.2 Å². The van der Waals surface area contributed by atoms with Crippen LogP contribution in [-0.2, 0) is 9.53 Å². The van der Waals surface area contributed by atoms with Gasteiger partial charge in [-0.3, -0.25) is 4.79 Å². The molecule has 1 atom stereocenters. The summed E-state index contributed by atoms with van der Waals surface area (Å²) in [4.78, 5) is 20.4. The molecule has 2 aliphatic rings. The van der Waals surface area contributed by atoms with Gasteiger partial charge in [-0.2, -0.15) is 0 Å². The van der Waals surface area contributed by atoms with E-state index in [1.807, 2.05) is 32.0 Å². The number of carbonyl (C=O) groups excluding carboxylic acids is 1. The second-order valence-corrected chi connectivity index (χ2v) is 8.20. The topological polar surface area (TPSA) is 72.9 Å². The highest BCUT2D eigenvalue weighted by Gasteiger charge is 2.32. The summed E-state index contributed by atoms with van der Waals surface area (Å²) in [6.45, 7) is 7.01. The van der Waals surface area contributed by atoms with E-state index < -0.39 is 0 Å². The molecule has 1 fully saturated rings. The van der Waals surface area contributed by atoms with Crippen LogP contribution >= 0.6 is 11.3 Å². The van der Waals surface area contributed by atoms with Gasteiger partial charge in [0.25, 0.3) is 0 Å². The van der Waals surface area contributed by atoms with Crippen molar-refractivity contribution >= 4 is 28.2 Å². The molecule has 1 unspecified atom stereocenters. The Kier molecular flexibility index (Phi) is 5.41. The molecular weight excluding hydrogens is 378 g/mol. The Hall–Kier alpha value is -2.32. The standard InChI is InChI=1S/C20H25N3O4S/c1-12(2)27-16-10-13(4-5-15(16)25-3)14-11-17(24)21-19-18(14)28-20(22-19)23-6-8-26-9-7-23/h4-5,10,12,14H,6-9,11H2,1-3H3,(H,21,24). The van der Waals surface area contributed by atoms with Gasteiger partial charge in [-0.25, -0.2) is 4.98 Å². The molecule has 3 heterocycles. The van der Waals surface area contributed by atoms with E-state index in [9.17, 15) is 4.79 Å².